The van der Waals surface area contributed by atoms with Crippen molar-refractivity contribution in [1.29, 1.82) is 0 Å². The fourth-order valence-corrected chi connectivity index (χ4v) is 7.50. The van der Waals surface area contributed by atoms with E-state index in [2.05, 4.69) is 20.8 Å². The molecule has 34 heavy (non-hydrogen) atoms. The Labute approximate surface area is 220 Å². The van der Waals surface area contributed by atoms with E-state index in [4.69, 9.17) is 12.5 Å². The van der Waals surface area contributed by atoms with Gasteiger partial charge in [-0.2, -0.15) is 0 Å². The zero-order chi connectivity index (χ0) is 25.0. The van der Waals surface area contributed by atoms with Gasteiger partial charge in [0, 0.05) is 16.0 Å². The van der Waals surface area contributed by atoms with Crippen molar-refractivity contribution in [2.75, 3.05) is 25.6 Å². The second-order valence-electron chi connectivity index (χ2n) is 10.0. The van der Waals surface area contributed by atoms with Gasteiger partial charge in [-0.25, -0.2) is 0 Å². The summed E-state index contributed by atoms with van der Waals surface area (Å²) in [6, 6.07) is 1.30. The van der Waals surface area contributed by atoms with Crippen molar-refractivity contribution in [3.63, 3.8) is 0 Å². The first-order valence-electron chi connectivity index (χ1n) is 15.5. The second kappa shape index (κ2) is 28.0. The van der Waals surface area contributed by atoms with Crippen molar-refractivity contribution in [2.45, 2.75) is 162 Å². The molecule has 0 rings (SSSR count). The van der Waals surface area contributed by atoms with E-state index in [9.17, 15) is 0 Å². The van der Waals surface area contributed by atoms with Gasteiger partial charge in [0.05, 0.1) is 30.7 Å². The monoisotopic (exact) mass is 520 g/mol. The van der Waals surface area contributed by atoms with E-state index in [-0.39, 0.29) is 0 Å². The van der Waals surface area contributed by atoms with Gasteiger partial charge in [0.15, 0.2) is 0 Å². The van der Waals surface area contributed by atoms with Gasteiger partial charge in [0.25, 0.3) is 0 Å². The fourth-order valence-electron chi connectivity index (χ4n) is 4.33. The Kier molecular flexibility index (Phi) is 28.4. The van der Waals surface area contributed by atoms with Gasteiger partial charge in [-0.15, -0.1) is 0 Å². The van der Waals surface area contributed by atoms with Gasteiger partial charge in [0.1, 0.15) is 0 Å². The highest BCUT2D eigenvalue weighted by molar-refractivity contribution is 8.21. The van der Waals surface area contributed by atoms with Crippen molar-refractivity contribution in [3.8, 4) is 0 Å². The molecule has 0 spiro atoms. The zero-order valence-electron chi connectivity index (χ0n) is 24.0. The van der Waals surface area contributed by atoms with Crippen LogP contribution in [0.1, 0.15) is 156 Å². The number of unbranched alkanes of at least 4 members (excludes halogenated alkanes) is 18. The highest BCUT2D eigenvalue weighted by Crippen LogP contribution is 2.52. The van der Waals surface area contributed by atoms with Crippen LogP contribution in [0.25, 0.3) is 0 Å². The largest absolute Gasteiger partial charge is 0.293 e. The molecule has 0 aromatic rings. The molecule has 208 valence electrons. The zero-order valence-corrected chi connectivity index (χ0v) is 26.8. The predicted octanol–water partition coefficient (Wildman–Crippen LogP) is 9.62. The van der Waals surface area contributed by atoms with Crippen LogP contribution in [0.3, 0.4) is 0 Å². The molecule has 0 atom stereocenters. The van der Waals surface area contributed by atoms with Crippen LogP contribution in [0.4, 0.5) is 0 Å². The topological polar surface area (TPSA) is 27.7 Å². The van der Waals surface area contributed by atoms with Gasteiger partial charge in [-0.1, -0.05) is 135 Å². The highest BCUT2D eigenvalue weighted by atomic mass is 32.3. The summed E-state index contributed by atoms with van der Waals surface area (Å²) in [7, 11) is -0.560. The van der Waals surface area contributed by atoms with E-state index in [1.807, 2.05) is 0 Å². The molecule has 0 bridgehead atoms. The molecule has 3 nitrogen and oxygen atoms in total. The minimum Gasteiger partial charge on any atom is -0.293 e. The second-order valence-corrected chi connectivity index (χ2v) is 13.3. The molecule has 0 aliphatic carbocycles. The molecule has 0 fully saturated rings. The van der Waals surface area contributed by atoms with E-state index in [0.717, 1.165) is 31.8 Å². The van der Waals surface area contributed by atoms with Crippen LogP contribution in [0.15, 0.2) is 0 Å². The van der Waals surface area contributed by atoms with Gasteiger partial charge >= 0.3 is 0 Å². The smallest absolute Gasteiger partial charge is 0.0887 e. The Morgan fingerprint density at radius 3 is 1.12 bits per heavy atom. The van der Waals surface area contributed by atoms with Gasteiger partial charge in [-0.05, 0) is 26.2 Å². The van der Waals surface area contributed by atoms with Crippen LogP contribution < -0.4 is 0 Å². The number of hydrogen-bond donors (Lipinski definition) is 0. The molecular weight excluding hydrogens is 456 g/mol. The maximum atomic E-state index is 6.39. The molecule has 0 aromatic heterocycles. The van der Waals surface area contributed by atoms with Crippen LogP contribution in [-0.2, 0) is 12.5 Å². The minimum atomic E-state index is -1.81. The van der Waals surface area contributed by atoms with E-state index in [1.54, 1.807) is 0 Å². The van der Waals surface area contributed by atoms with E-state index in [1.165, 1.54) is 138 Å². The first-order chi connectivity index (χ1) is 16.7. The molecule has 0 aliphatic rings. The Balaban J connectivity index is 3.99. The highest BCUT2D eigenvalue weighted by Gasteiger charge is 2.26. The van der Waals surface area contributed by atoms with Crippen LogP contribution in [0.2, 0.25) is 6.04 Å². The third-order valence-corrected chi connectivity index (χ3v) is 9.71. The average Bonchev–Trinajstić information content (AvgIpc) is 2.84. The van der Waals surface area contributed by atoms with Crippen LogP contribution in [-0.4, -0.2) is 35.8 Å². The Morgan fingerprint density at radius 1 is 0.441 bits per heavy atom. The van der Waals surface area contributed by atoms with Crippen LogP contribution in [0, 0.1) is 0 Å². The summed E-state index contributed by atoms with van der Waals surface area (Å²) in [4.78, 5) is 0. The predicted molar refractivity (Wildman–Crippen MR) is 159 cm³/mol. The van der Waals surface area contributed by atoms with Crippen molar-refractivity contribution in [1.82, 2.24) is 0 Å². The lowest BCUT2D eigenvalue weighted by molar-refractivity contribution is 0.169. The van der Waals surface area contributed by atoms with Gasteiger partial charge < -0.3 is 0 Å². The third kappa shape index (κ3) is 22.9. The lowest BCUT2D eigenvalue weighted by Gasteiger charge is -2.37. The Bertz CT molecular complexity index is 358. The standard InChI is InChI=1S/C29H64O3SSi/c1-4-7-9-11-13-15-17-19-21-23-26-31-33(30-6-3,28-25-29-34)32-27-24-22-20-18-16-14-12-10-8-5-2/h4-29H2,1-3,34H3. The van der Waals surface area contributed by atoms with Crippen molar-refractivity contribution in [2.24, 2.45) is 0 Å². The molecule has 0 amide bonds. The number of rotatable bonds is 29. The first-order valence-corrected chi connectivity index (χ1v) is 18.5. The van der Waals surface area contributed by atoms with E-state index >= 15 is 0 Å². The molecule has 0 aliphatic heterocycles. The Hall–Kier alpha value is 0.447. The lowest BCUT2D eigenvalue weighted by atomic mass is 10.1. The summed E-state index contributed by atoms with van der Waals surface area (Å²) >= 11 is 0. The molecule has 5 heteroatoms. The third-order valence-electron chi connectivity index (χ3n) is 6.57. The Morgan fingerprint density at radius 2 is 0.794 bits per heavy atom. The van der Waals surface area contributed by atoms with Crippen molar-refractivity contribution < 1.29 is 12.5 Å². The lowest BCUT2D eigenvalue weighted by Crippen LogP contribution is -2.18. The summed E-state index contributed by atoms with van der Waals surface area (Å²) in [6.07, 6.45) is 28.3. The van der Waals surface area contributed by atoms with Crippen molar-refractivity contribution >= 4 is 21.1 Å². The molecule has 0 saturated heterocycles. The molecule has 0 aromatic carbocycles. The molecule has 0 heterocycles. The maximum Gasteiger partial charge on any atom is 0.0887 e. The summed E-state index contributed by atoms with van der Waals surface area (Å²) in [5.41, 5.74) is 0. The van der Waals surface area contributed by atoms with Crippen LogP contribution >= 0.6 is 10.9 Å². The molecule has 0 N–H and O–H groups in total. The number of hydrogen-bond acceptors (Lipinski definition) is 3. The SMILES string of the molecule is CCCCCCCCCCCCOS(CCC[SiH3])(OCC)OCCCCCCCCCCCC. The van der Waals surface area contributed by atoms with Gasteiger partial charge in [0.2, 0.25) is 0 Å². The summed E-state index contributed by atoms with van der Waals surface area (Å²) in [5.74, 6) is 0.958. The van der Waals surface area contributed by atoms with Gasteiger partial charge in [-0.3, -0.25) is 12.5 Å². The minimum absolute atomic E-state index is 0.687. The van der Waals surface area contributed by atoms with E-state index < -0.39 is 10.9 Å². The average molecular weight is 521 g/mol. The summed E-state index contributed by atoms with van der Waals surface area (Å²) in [6.45, 7) is 8.94. The molecule has 0 unspecified atom stereocenters. The molecule has 0 saturated carbocycles. The quantitative estimate of drug-likeness (QED) is 0.0725. The fraction of sp³-hybridized carbons (Fsp3) is 1.00. The summed E-state index contributed by atoms with van der Waals surface area (Å²) < 4.78 is 19.0. The maximum absolute atomic E-state index is 6.39. The molecule has 0 radical (unpaired) electrons. The van der Waals surface area contributed by atoms with Crippen molar-refractivity contribution in [3.05, 3.63) is 0 Å². The van der Waals surface area contributed by atoms with Crippen LogP contribution in [0.5, 0.6) is 0 Å². The normalized spacial score (nSPS) is 12.6. The molecular formula is C29H64O3SSi. The summed E-state index contributed by atoms with van der Waals surface area (Å²) in [5, 5.41) is 0. The van der Waals surface area contributed by atoms with E-state index in [0.29, 0.717) is 6.61 Å². The first kappa shape index (κ1) is 34.4.